The SMILES string of the molecule is COCC1C[C@H]2C[C@@H](C)CC[C@]2(C)[C@H]2CC[C@]3(C)C(=O)CC[C@H]3[C@H]12. The molecule has 2 heteroatoms. The summed E-state index contributed by atoms with van der Waals surface area (Å²) in [5, 5.41) is 0. The molecule has 4 rings (SSSR count). The van der Waals surface area contributed by atoms with E-state index in [9.17, 15) is 4.79 Å². The predicted molar refractivity (Wildman–Crippen MR) is 96.6 cm³/mol. The van der Waals surface area contributed by atoms with Gasteiger partial charge in [-0.3, -0.25) is 4.79 Å². The van der Waals surface area contributed by atoms with Gasteiger partial charge in [-0.25, -0.2) is 0 Å². The van der Waals surface area contributed by atoms with Crippen LogP contribution >= 0.6 is 0 Å². The average Bonchev–Trinajstić information content (AvgIpc) is 2.85. The second-order valence-corrected chi connectivity index (χ2v) is 10.2. The summed E-state index contributed by atoms with van der Waals surface area (Å²) in [7, 11) is 1.87. The molecule has 0 aromatic heterocycles. The zero-order chi connectivity index (χ0) is 17.1. The van der Waals surface area contributed by atoms with E-state index in [0.717, 1.165) is 49.5 Å². The first-order valence-corrected chi connectivity index (χ1v) is 10.4. The summed E-state index contributed by atoms with van der Waals surface area (Å²) >= 11 is 0. The molecule has 8 atom stereocenters. The molecular weight excluding hydrogens is 296 g/mol. The highest BCUT2D eigenvalue weighted by molar-refractivity contribution is 5.87. The number of carbonyl (C=O) groups excluding carboxylic acids is 1. The van der Waals surface area contributed by atoms with Gasteiger partial charge in [0.05, 0.1) is 0 Å². The third-order valence-corrected chi connectivity index (χ3v) is 9.20. The summed E-state index contributed by atoms with van der Waals surface area (Å²) in [6, 6.07) is 0. The minimum Gasteiger partial charge on any atom is -0.384 e. The summed E-state index contributed by atoms with van der Waals surface area (Å²) in [4.78, 5) is 12.6. The van der Waals surface area contributed by atoms with Crippen LogP contribution in [0.15, 0.2) is 0 Å². The van der Waals surface area contributed by atoms with Gasteiger partial charge < -0.3 is 4.74 Å². The van der Waals surface area contributed by atoms with Crippen LogP contribution in [0.2, 0.25) is 0 Å². The summed E-state index contributed by atoms with van der Waals surface area (Å²) < 4.78 is 5.69. The zero-order valence-electron chi connectivity index (χ0n) is 16.1. The van der Waals surface area contributed by atoms with Crippen molar-refractivity contribution in [1.29, 1.82) is 0 Å². The first kappa shape index (κ1) is 17.1. The van der Waals surface area contributed by atoms with Gasteiger partial charge in [0.15, 0.2) is 0 Å². The van der Waals surface area contributed by atoms with E-state index in [0.29, 0.717) is 23.0 Å². The highest BCUT2D eigenvalue weighted by Gasteiger charge is 2.62. The Morgan fingerprint density at radius 1 is 1.08 bits per heavy atom. The van der Waals surface area contributed by atoms with Crippen molar-refractivity contribution in [3.8, 4) is 0 Å². The third-order valence-electron chi connectivity index (χ3n) is 9.20. The minimum atomic E-state index is -0.0156. The Hall–Kier alpha value is -0.370. The number of Topliss-reactive ketones (excluding diaryl/α,β-unsaturated/α-hetero) is 1. The summed E-state index contributed by atoms with van der Waals surface area (Å²) in [5.74, 6) is 5.19. The van der Waals surface area contributed by atoms with Crippen molar-refractivity contribution < 1.29 is 9.53 Å². The Balaban J connectivity index is 1.70. The fourth-order valence-corrected chi connectivity index (χ4v) is 7.80. The molecule has 0 aromatic carbocycles. The Labute approximate surface area is 148 Å². The van der Waals surface area contributed by atoms with Crippen LogP contribution in [-0.2, 0) is 9.53 Å². The van der Waals surface area contributed by atoms with Crippen molar-refractivity contribution in [3.05, 3.63) is 0 Å². The second-order valence-electron chi connectivity index (χ2n) is 10.2. The van der Waals surface area contributed by atoms with Crippen molar-refractivity contribution in [3.63, 3.8) is 0 Å². The number of carbonyl (C=O) groups is 1. The van der Waals surface area contributed by atoms with Crippen LogP contribution in [0.4, 0.5) is 0 Å². The maximum absolute atomic E-state index is 12.6. The normalized spacial score (nSPS) is 54.1. The molecule has 0 N–H and O–H groups in total. The molecule has 4 saturated carbocycles. The molecule has 0 heterocycles. The standard InChI is InChI=1S/C22H36O2/c1-14-7-9-21(2)16(11-14)12-15(13-24-4)20-17-5-6-19(23)22(17,3)10-8-18(20)21/h14-18,20H,5-13H2,1-4H3/t14-,15?,16+,17-,18-,20-,21-,22-/m0/s1. The van der Waals surface area contributed by atoms with E-state index in [2.05, 4.69) is 20.8 Å². The van der Waals surface area contributed by atoms with Crippen LogP contribution in [0, 0.1) is 46.3 Å². The lowest BCUT2D eigenvalue weighted by atomic mass is 9.42. The van der Waals surface area contributed by atoms with E-state index < -0.39 is 0 Å². The number of hydrogen-bond donors (Lipinski definition) is 0. The fraction of sp³-hybridized carbons (Fsp3) is 0.955. The van der Waals surface area contributed by atoms with Crippen molar-refractivity contribution in [2.75, 3.05) is 13.7 Å². The van der Waals surface area contributed by atoms with Gasteiger partial charge in [-0.05, 0) is 79.4 Å². The molecular formula is C22H36O2. The maximum atomic E-state index is 12.6. The zero-order valence-corrected chi connectivity index (χ0v) is 16.1. The highest BCUT2D eigenvalue weighted by Crippen LogP contribution is 2.67. The van der Waals surface area contributed by atoms with Gasteiger partial charge >= 0.3 is 0 Å². The van der Waals surface area contributed by atoms with Gasteiger partial charge in [0.1, 0.15) is 5.78 Å². The lowest BCUT2D eigenvalue weighted by molar-refractivity contribution is -0.156. The molecule has 0 aliphatic heterocycles. The molecule has 1 unspecified atom stereocenters. The predicted octanol–water partition coefficient (Wildman–Crippen LogP) is 5.11. The van der Waals surface area contributed by atoms with Crippen LogP contribution in [0.3, 0.4) is 0 Å². The molecule has 0 amide bonds. The van der Waals surface area contributed by atoms with Gasteiger partial charge in [0.2, 0.25) is 0 Å². The molecule has 4 aliphatic carbocycles. The largest absolute Gasteiger partial charge is 0.384 e. The third kappa shape index (κ3) is 2.27. The van der Waals surface area contributed by atoms with Crippen molar-refractivity contribution in [1.82, 2.24) is 0 Å². The number of hydrogen-bond acceptors (Lipinski definition) is 2. The fourth-order valence-electron chi connectivity index (χ4n) is 7.80. The van der Waals surface area contributed by atoms with Gasteiger partial charge in [-0.15, -0.1) is 0 Å². The van der Waals surface area contributed by atoms with Gasteiger partial charge in [0.25, 0.3) is 0 Å². The van der Waals surface area contributed by atoms with E-state index in [1.165, 1.54) is 32.1 Å². The van der Waals surface area contributed by atoms with Crippen LogP contribution in [0.25, 0.3) is 0 Å². The monoisotopic (exact) mass is 332 g/mol. The minimum absolute atomic E-state index is 0.0156. The van der Waals surface area contributed by atoms with Crippen molar-refractivity contribution in [2.45, 2.75) is 72.1 Å². The Morgan fingerprint density at radius 2 is 1.88 bits per heavy atom. The average molecular weight is 333 g/mol. The van der Waals surface area contributed by atoms with Crippen LogP contribution in [-0.4, -0.2) is 19.5 Å². The van der Waals surface area contributed by atoms with Gasteiger partial charge in [0, 0.05) is 25.6 Å². The molecule has 24 heavy (non-hydrogen) atoms. The quantitative estimate of drug-likeness (QED) is 0.702. The Morgan fingerprint density at radius 3 is 2.62 bits per heavy atom. The van der Waals surface area contributed by atoms with Crippen molar-refractivity contribution in [2.24, 2.45) is 46.3 Å². The summed E-state index contributed by atoms with van der Waals surface area (Å²) in [6.07, 6.45) is 10.00. The van der Waals surface area contributed by atoms with Crippen LogP contribution in [0.1, 0.15) is 72.1 Å². The topological polar surface area (TPSA) is 26.3 Å². The summed E-state index contributed by atoms with van der Waals surface area (Å²) in [6.45, 7) is 8.27. The van der Waals surface area contributed by atoms with Gasteiger partial charge in [-0.2, -0.15) is 0 Å². The molecule has 136 valence electrons. The van der Waals surface area contributed by atoms with Crippen molar-refractivity contribution >= 4 is 5.78 Å². The van der Waals surface area contributed by atoms with E-state index in [4.69, 9.17) is 4.74 Å². The molecule has 4 fully saturated rings. The van der Waals surface area contributed by atoms with Crippen LogP contribution < -0.4 is 0 Å². The molecule has 0 bridgehead atoms. The molecule has 0 spiro atoms. The number of rotatable bonds is 2. The number of ketones is 1. The molecule has 2 nitrogen and oxygen atoms in total. The number of ether oxygens (including phenoxy) is 1. The smallest absolute Gasteiger partial charge is 0.139 e. The Bertz CT molecular complexity index is 514. The molecule has 0 radical (unpaired) electrons. The van der Waals surface area contributed by atoms with Crippen LogP contribution in [0.5, 0.6) is 0 Å². The Kier molecular flexibility index (Phi) is 4.14. The van der Waals surface area contributed by atoms with E-state index in [-0.39, 0.29) is 5.41 Å². The number of fused-ring (bicyclic) bond motifs is 5. The maximum Gasteiger partial charge on any atom is 0.139 e. The molecule has 0 aromatic rings. The lowest BCUT2D eigenvalue weighted by Crippen LogP contribution is -2.57. The molecule has 0 saturated heterocycles. The van der Waals surface area contributed by atoms with E-state index in [1.54, 1.807) is 0 Å². The van der Waals surface area contributed by atoms with E-state index in [1.807, 2.05) is 7.11 Å². The first-order chi connectivity index (χ1) is 11.4. The van der Waals surface area contributed by atoms with E-state index >= 15 is 0 Å². The lowest BCUT2D eigenvalue weighted by Gasteiger charge is -2.62. The summed E-state index contributed by atoms with van der Waals surface area (Å²) in [5.41, 5.74) is 0.507. The molecule has 4 aliphatic rings. The second kappa shape index (κ2) is 5.83. The highest BCUT2D eigenvalue weighted by atomic mass is 16.5. The first-order valence-electron chi connectivity index (χ1n) is 10.4. The number of methoxy groups -OCH3 is 1. The van der Waals surface area contributed by atoms with Gasteiger partial charge in [-0.1, -0.05) is 27.2 Å².